The number of nitrogens with one attached hydrogen (secondary N) is 1. The average molecular weight is 302 g/mol. The number of likely N-dealkylation sites (tertiary alicyclic amines) is 1. The number of aryl methyl sites for hydroxylation is 1. The van der Waals surface area contributed by atoms with Gasteiger partial charge < -0.3 is 14.6 Å². The number of hydrogen-bond donors (Lipinski definition) is 1. The molecule has 3 aliphatic rings. The lowest BCUT2D eigenvalue weighted by atomic mass is 9.72. The summed E-state index contributed by atoms with van der Waals surface area (Å²) in [6.07, 6.45) is 5.66. The topological polar surface area (TPSA) is 45.3 Å². The molecule has 4 rings (SSSR count). The Hall–Kier alpha value is -1.13. The van der Waals surface area contributed by atoms with E-state index in [0.29, 0.717) is 11.7 Å². The third-order valence-electron chi connectivity index (χ3n) is 5.77. The molecule has 2 heterocycles. The maximum absolute atomic E-state index is 13.1. The number of fused-ring (bicyclic) bond motifs is 4. The van der Waals surface area contributed by atoms with E-state index in [9.17, 15) is 4.79 Å². The lowest BCUT2D eigenvalue weighted by molar-refractivity contribution is 0.0538. The van der Waals surface area contributed by atoms with Crippen molar-refractivity contribution in [1.29, 1.82) is 0 Å². The Morgan fingerprint density at radius 3 is 3.09 bits per heavy atom. The quantitative estimate of drug-likeness (QED) is 0.868. The fraction of sp³-hybridized carbons (Fsp3) is 0.722. The van der Waals surface area contributed by atoms with Gasteiger partial charge in [0.2, 0.25) is 0 Å². The fourth-order valence-corrected chi connectivity index (χ4v) is 4.63. The summed E-state index contributed by atoms with van der Waals surface area (Å²) in [5.74, 6) is 1.18. The van der Waals surface area contributed by atoms with Crippen LogP contribution in [0, 0.1) is 11.8 Å². The summed E-state index contributed by atoms with van der Waals surface area (Å²) in [5.41, 5.74) is 5.04. The van der Waals surface area contributed by atoms with Crippen molar-refractivity contribution < 1.29 is 9.53 Å². The number of piperidine rings is 1. The molecule has 0 spiro atoms. The minimum Gasteiger partial charge on any atom is -0.380 e. The van der Waals surface area contributed by atoms with Gasteiger partial charge in [0.25, 0.3) is 0 Å². The zero-order chi connectivity index (χ0) is 15.1. The van der Waals surface area contributed by atoms with Gasteiger partial charge in [-0.1, -0.05) is 0 Å². The van der Waals surface area contributed by atoms with E-state index in [1.54, 1.807) is 0 Å². The average Bonchev–Trinajstić information content (AvgIpc) is 3.08. The van der Waals surface area contributed by atoms with Crippen LogP contribution in [-0.4, -0.2) is 48.5 Å². The van der Waals surface area contributed by atoms with Crippen LogP contribution in [0.1, 0.15) is 47.1 Å². The number of ketones is 1. The summed E-state index contributed by atoms with van der Waals surface area (Å²) in [6.45, 7) is 6.59. The number of Topliss-reactive ketones (excluding diaryl/α,β-unsaturated/α-hetero) is 1. The highest BCUT2D eigenvalue weighted by Gasteiger charge is 2.42. The van der Waals surface area contributed by atoms with Gasteiger partial charge in [0.1, 0.15) is 0 Å². The maximum atomic E-state index is 13.1. The van der Waals surface area contributed by atoms with E-state index < -0.39 is 0 Å². The first-order chi connectivity index (χ1) is 10.8. The molecule has 4 heteroatoms. The molecule has 1 aromatic heterocycles. The van der Waals surface area contributed by atoms with Gasteiger partial charge >= 0.3 is 0 Å². The fourth-order valence-electron chi connectivity index (χ4n) is 4.63. The number of H-pyrrole nitrogens is 1. The normalized spacial score (nSPS) is 27.6. The van der Waals surface area contributed by atoms with Crippen LogP contribution in [0.2, 0.25) is 0 Å². The second-order valence-electron chi connectivity index (χ2n) is 7.01. The monoisotopic (exact) mass is 302 g/mol. The lowest BCUT2D eigenvalue weighted by Crippen LogP contribution is -2.47. The Bertz CT molecular complexity index is 578. The highest BCUT2D eigenvalue weighted by molar-refractivity contribution is 6.02. The second kappa shape index (κ2) is 5.82. The van der Waals surface area contributed by atoms with Gasteiger partial charge in [0.05, 0.1) is 6.61 Å². The van der Waals surface area contributed by atoms with E-state index in [0.717, 1.165) is 64.1 Å². The Kier molecular flexibility index (Phi) is 3.82. The molecule has 0 unspecified atom stereocenters. The van der Waals surface area contributed by atoms with Crippen LogP contribution in [0.3, 0.4) is 0 Å². The van der Waals surface area contributed by atoms with Crippen LogP contribution < -0.4 is 0 Å². The molecule has 1 fully saturated rings. The van der Waals surface area contributed by atoms with Gasteiger partial charge in [-0.15, -0.1) is 0 Å². The van der Waals surface area contributed by atoms with Crippen molar-refractivity contribution in [2.75, 3.05) is 32.8 Å². The van der Waals surface area contributed by atoms with Crippen molar-refractivity contribution in [2.24, 2.45) is 11.8 Å². The van der Waals surface area contributed by atoms with Crippen LogP contribution >= 0.6 is 0 Å². The first-order valence-corrected chi connectivity index (χ1v) is 8.84. The van der Waals surface area contributed by atoms with Gasteiger partial charge in [-0.3, -0.25) is 4.79 Å². The molecule has 2 atom stereocenters. The maximum Gasteiger partial charge on any atom is 0.169 e. The summed E-state index contributed by atoms with van der Waals surface area (Å²) in [5, 5.41) is 0. The molecular formula is C18H26N2O2. The predicted molar refractivity (Wildman–Crippen MR) is 85.4 cm³/mol. The molecule has 2 aliphatic carbocycles. The zero-order valence-corrected chi connectivity index (χ0v) is 13.5. The van der Waals surface area contributed by atoms with Gasteiger partial charge in [0.15, 0.2) is 5.78 Å². The van der Waals surface area contributed by atoms with E-state index in [-0.39, 0.29) is 5.92 Å². The molecule has 0 aromatic carbocycles. The van der Waals surface area contributed by atoms with Crippen molar-refractivity contribution in [1.82, 2.24) is 9.88 Å². The SMILES string of the molecule is CCOCCN1CC[C@H]2Cc3[nH]c4c(c3C(=O)[C@@H]2C1)CCC4. The standard InChI is InChI=1S/C18H26N2O2/c1-2-22-9-8-20-7-6-12-10-16-17(18(21)14(12)11-20)13-4-3-5-15(13)19-16/h12,14,19H,2-11H2,1H3/t12-,14+/m0/s1. The summed E-state index contributed by atoms with van der Waals surface area (Å²) in [4.78, 5) is 19.1. The van der Waals surface area contributed by atoms with Crippen molar-refractivity contribution in [3.63, 3.8) is 0 Å². The van der Waals surface area contributed by atoms with Crippen molar-refractivity contribution in [3.8, 4) is 0 Å². The number of nitrogens with zero attached hydrogens (tertiary/aromatic N) is 1. The smallest absolute Gasteiger partial charge is 0.169 e. The first kappa shape index (κ1) is 14.5. The molecule has 1 aromatic rings. The van der Waals surface area contributed by atoms with Crippen molar-refractivity contribution in [2.45, 2.75) is 39.0 Å². The Morgan fingerprint density at radius 1 is 1.32 bits per heavy atom. The molecule has 1 saturated heterocycles. The Balaban J connectivity index is 1.52. The Labute approximate surface area is 132 Å². The minimum absolute atomic E-state index is 0.211. The van der Waals surface area contributed by atoms with Crippen LogP contribution in [-0.2, 0) is 24.0 Å². The molecule has 1 N–H and O–H groups in total. The van der Waals surface area contributed by atoms with E-state index in [1.165, 1.54) is 23.4 Å². The largest absolute Gasteiger partial charge is 0.380 e. The minimum atomic E-state index is 0.211. The van der Waals surface area contributed by atoms with Gasteiger partial charge in [-0.05, 0) is 57.1 Å². The molecule has 0 saturated carbocycles. The Morgan fingerprint density at radius 2 is 2.23 bits per heavy atom. The number of aromatic amines is 1. The highest BCUT2D eigenvalue weighted by Crippen LogP contribution is 2.39. The molecule has 0 radical (unpaired) electrons. The van der Waals surface area contributed by atoms with E-state index in [4.69, 9.17) is 4.74 Å². The summed E-state index contributed by atoms with van der Waals surface area (Å²) in [7, 11) is 0. The molecule has 0 amide bonds. The molecule has 0 bridgehead atoms. The molecule has 4 nitrogen and oxygen atoms in total. The molecule has 1 aliphatic heterocycles. The van der Waals surface area contributed by atoms with Gasteiger partial charge in [0, 0.05) is 42.6 Å². The number of ether oxygens (including phenoxy) is 1. The van der Waals surface area contributed by atoms with Crippen LogP contribution in [0.5, 0.6) is 0 Å². The highest BCUT2D eigenvalue weighted by atomic mass is 16.5. The lowest BCUT2D eigenvalue weighted by Gasteiger charge is -2.40. The van der Waals surface area contributed by atoms with Crippen molar-refractivity contribution >= 4 is 5.78 Å². The molecule has 120 valence electrons. The number of carbonyl (C=O) groups is 1. The third-order valence-corrected chi connectivity index (χ3v) is 5.77. The summed E-state index contributed by atoms with van der Waals surface area (Å²) in [6, 6.07) is 0. The number of rotatable bonds is 4. The summed E-state index contributed by atoms with van der Waals surface area (Å²) < 4.78 is 5.47. The van der Waals surface area contributed by atoms with Crippen LogP contribution in [0.25, 0.3) is 0 Å². The van der Waals surface area contributed by atoms with E-state index >= 15 is 0 Å². The van der Waals surface area contributed by atoms with E-state index in [1.807, 2.05) is 6.92 Å². The van der Waals surface area contributed by atoms with Crippen molar-refractivity contribution in [3.05, 3.63) is 22.5 Å². The number of hydrogen-bond acceptors (Lipinski definition) is 3. The summed E-state index contributed by atoms with van der Waals surface area (Å²) >= 11 is 0. The van der Waals surface area contributed by atoms with E-state index in [2.05, 4.69) is 9.88 Å². The zero-order valence-electron chi connectivity index (χ0n) is 13.5. The molecular weight excluding hydrogens is 276 g/mol. The third kappa shape index (κ3) is 2.33. The number of carbonyl (C=O) groups excluding carboxylic acids is 1. The molecule has 22 heavy (non-hydrogen) atoms. The van der Waals surface area contributed by atoms with Gasteiger partial charge in [-0.2, -0.15) is 0 Å². The van der Waals surface area contributed by atoms with Crippen LogP contribution in [0.15, 0.2) is 0 Å². The first-order valence-electron chi connectivity index (χ1n) is 8.84. The number of aromatic nitrogens is 1. The predicted octanol–water partition coefficient (Wildman–Crippen LogP) is 2.22. The van der Waals surface area contributed by atoms with Gasteiger partial charge in [-0.25, -0.2) is 0 Å². The van der Waals surface area contributed by atoms with Crippen LogP contribution in [0.4, 0.5) is 0 Å². The second-order valence-corrected chi connectivity index (χ2v) is 7.01.